The molecule has 2 atom stereocenters. The molecule has 3 N–H and O–H groups in total. The lowest BCUT2D eigenvalue weighted by Crippen LogP contribution is -2.51. The second-order valence-corrected chi connectivity index (χ2v) is 11.0. The quantitative estimate of drug-likeness (QED) is 0.505. The van der Waals surface area contributed by atoms with Crippen LogP contribution < -0.4 is 16.0 Å². The zero-order valence-corrected chi connectivity index (χ0v) is 22.7. The van der Waals surface area contributed by atoms with E-state index in [9.17, 15) is 4.79 Å². The van der Waals surface area contributed by atoms with E-state index in [2.05, 4.69) is 44.9 Å². The molecule has 0 saturated carbocycles. The lowest BCUT2D eigenvalue weighted by molar-refractivity contribution is -0.137. The molecule has 0 radical (unpaired) electrons. The highest BCUT2D eigenvalue weighted by Gasteiger charge is 2.39. The van der Waals surface area contributed by atoms with Crippen molar-refractivity contribution in [2.75, 3.05) is 49.5 Å². The molecule has 1 amide bonds. The zero-order chi connectivity index (χ0) is 25.3. The maximum Gasteiger partial charge on any atom is 0.225 e. The number of nitrogens with one attached hydrogen (secondary N) is 1. The zero-order valence-electron chi connectivity index (χ0n) is 22.7. The largest absolute Gasteiger partial charge is 0.356 e. The van der Waals surface area contributed by atoms with Gasteiger partial charge in [0.05, 0.1) is 0 Å². The van der Waals surface area contributed by atoms with E-state index in [4.69, 9.17) is 10.7 Å². The summed E-state index contributed by atoms with van der Waals surface area (Å²) in [5.41, 5.74) is 5.94. The van der Waals surface area contributed by atoms with Crippen LogP contribution in [-0.2, 0) is 4.79 Å². The number of nitrogens with zero attached hydrogens (tertiary/aromatic N) is 5. The highest BCUT2D eigenvalue weighted by molar-refractivity contribution is 5.78. The van der Waals surface area contributed by atoms with Crippen LogP contribution in [0.2, 0.25) is 0 Å². The van der Waals surface area contributed by atoms with Crippen LogP contribution in [0.3, 0.4) is 0 Å². The SMILES string of the molecule is CCC(CC)C(=O)N1CCC(N2CC[C@H](Nc3nccc(N4CCCCCC4)n3)[C@H]2CCCN)CC1. The van der Waals surface area contributed by atoms with Crippen LogP contribution in [0, 0.1) is 5.92 Å². The molecule has 3 saturated heterocycles. The van der Waals surface area contributed by atoms with Crippen LogP contribution in [-0.4, -0.2) is 83.1 Å². The topological polar surface area (TPSA) is 90.6 Å². The molecule has 1 aromatic rings. The Morgan fingerprint density at radius 2 is 1.78 bits per heavy atom. The number of likely N-dealkylation sites (tertiary alicyclic amines) is 2. The van der Waals surface area contributed by atoms with Crippen LogP contribution in [0.1, 0.15) is 84.5 Å². The molecule has 0 bridgehead atoms. The summed E-state index contributed by atoms with van der Waals surface area (Å²) >= 11 is 0. The Morgan fingerprint density at radius 3 is 2.44 bits per heavy atom. The number of piperidine rings is 1. The van der Waals surface area contributed by atoms with Crippen molar-refractivity contribution >= 4 is 17.7 Å². The fourth-order valence-electron chi connectivity index (χ4n) is 6.57. The van der Waals surface area contributed by atoms with E-state index in [0.717, 1.165) is 96.0 Å². The van der Waals surface area contributed by atoms with Crippen LogP contribution in [0.4, 0.5) is 11.8 Å². The Morgan fingerprint density at radius 1 is 1.06 bits per heavy atom. The minimum absolute atomic E-state index is 0.185. The fraction of sp³-hybridized carbons (Fsp3) is 0.821. The van der Waals surface area contributed by atoms with Gasteiger partial charge in [-0.15, -0.1) is 0 Å². The van der Waals surface area contributed by atoms with Gasteiger partial charge in [0.2, 0.25) is 11.9 Å². The van der Waals surface area contributed by atoms with E-state index in [1.165, 1.54) is 25.7 Å². The molecule has 202 valence electrons. The van der Waals surface area contributed by atoms with E-state index >= 15 is 0 Å². The smallest absolute Gasteiger partial charge is 0.225 e. The molecule has 3 fully saturated rings. The standard InChI is InChI=1S/C28H49N7O/c1-3-22(4-2)27(36)34-19-12-23(13-20-34)35-21-14-24(25(35)10-9-15-29)31-28-30-16-11-26(32-28)33-17-7-5-6-8-18-33/h11,16,22-25H,3-10,12-15,17-21,29H2,1-2H3,(H,30,31,32)/t24-,25+/m0/s1. The van der Waals surface area contributed by atoms with E-state index in [0.29, 0.717) is 24.0 Å². The lowest BCUT2D eigenvalue weighted by atomic mass is 9.96. The summed E-state index contributed by atoms with van der Waals surface area (Å²) in [4.78, 5) is 29.7. The van der Waals surface area contributed by atoms with Gasteiger partial charge in [-0.3, -0.25) is 9.69 Å². The van der Waals surface area contributed by atoms with Gasteiger partial charge in [0.15, 0.2) is 0 Å². The molecule has 4 rings (SSSR count). The molecule has 4 heterocycles. The van der Waals surface area contributed by atoms with Gasteiger partial charge >= 0.3 is 0 Å². The van der Waals surface area contributed by atoms with E-state index in [1.54, 1.807) is 0 Å². The summed E-state index contributed by atoms with van der Waals surface area (Å²) in [5.74, 6) is 2.36. The monoisotopic (exact) mass is 499 g/mol. The molecule has 0 unspecified atom stereocenters. The molecule has 0 aromatic carbocycles. The van der Waals surface area contributed by atoms with Crippen molar-refractivity contribution in [3.05, 3.63) is 12.3 Å². The van der Waals surface area contributed by atoms with Gasteiger partial charge in [0.25, 0.3) is 0 Å². The summed E-state index contributed by atoms with van der Waals surface area (Å²) < 4.78 is 0. The maximum absolute atomic E-state index is 12.9. The third-order valence-electron chi connectivity index (χ3n) is 8.76. The van der Waals surface area contributed by atoms with E-state index < -0.39 is 0 Å². The summed E-state index contributed by atoms with van der Waals surface area (Å²) in [6.45, 7) is 10.0. The summed E-state index contributed by atoms with van der Waals surface area (Å²) in [6, 6.07) is 3.36. The first-order valence-corrected chi connectivity index (χ1v) is 14.7. The second-order valence-electron chi connectivity index (χ2n) is 11.0. The molecule has 8 nitrogen and oxygen atoms in total. The van der Waals surface area contributed by atoms with Gasteiger partial charge in [-0.25, -0.2) is 4.98 Å². The molecule has 8 heteroatoms. The number of rotatable bonds is 10. The second kappa shape index (κ2) is 13.6. The highest BCUT2D eigenvalue weighted by Crippen LogP contribution is 2.31. The minimum Gasteiger partial charge on any atom is -0.356 e. The van der Waals surface area contributed by atoms with Crippen molar-refractivity contribution in [1.82, 2.24) is 19.8 Å². The Bertz CT molecular complexity index is 801. The Hall–Kier alpha value is -1.93. The Labute approximate surface area is 218 Å². The number of carbonyl (C=O) groups excluding carboxylic acids is 1. The predicted octanol–water partition coefficient (Wildman–Crippen LogP) is 3.88. The molecule has 3 aliphatic rings. The summed E-state index contributed by atoms with van der Waals surface area (Å²) in [6.07, 6.45) is 14.3. The van der Waals surface area contributed by atoms with Gasteiger partial charge in [-0.2, -0.15) is 4.98 Å². The van der Waals surface area contributed by atoms with E-state index in [1.807, 2.05) is 6.20 Å². The minimum atomic E-state index is 0.185. The van der Waals surface area contributed by atoms with Crippen LogP contribution in [0.15, 0.2) is 12.3 Å². The first kappa shape index (κ1) is 27.1. The molecule has 0 spiro atoms. The first-order chi connectivity index (χ1) is 17.6. The van der Waals surface area contributed by atoms with Crippen molar-refractivity contribution in [2.45, 2.75) is 103 Å². The highest BCUT2D eigenvalue weighted by atomic mass is 16.2. The van der Waals surface area contributed by atoms with Crippen LogP contribution in [0.5, 0.6) is 0 Å². The first-order valence-electron chi connectivity index (χ1n) is 14.7. The number of carbonyl (C=O) groups is 1. The number of anilines is 2. The van der Waals surface area contributed by atoms with Gasteiger partial charge in [0.1, 0.15) is 5.82 Å². The van der Waals surface area contributed by atoms with Crippen molar-refractivity contribution in [3.63, 3.8) is 0 Å². The van der Waals surface area contributed by atoms with Crippen molar-refractivity contribution in [2.24, 2.45) is 11.7 Å². The number of hydrogen-bond acceptors (Lipinski definition) is 7. The van der Waals surface area contributed by atoms with Gasteiger partial charge in [-0.05, 0) is 70.4 Å². The van der Waals surface area contributed by atoms with Crippen molar-refractivity contribution in [3.8, 4) is 0 Å². The molecular weight excluding hydrogens is 450 g/mol. The third-order valence-corrected chi connectivity index (χ3v) is 8.76. The van der Waals surface area contributed by atoms with Gasteiger partial charge < -0.3 is 20.9 Å². The number of amides is 1. The van der Waals surface area contributed by atoms with Crippen molar-refractivity contribution < 1.29 is 4.79 Å². The molecular formula is C28H49N7O. The van der Waals surface area contributed by atoms with E-state index in [-0.39, 0.29) is 5.92 Å². The summed E-state index contributed by atoms with van der Waals surface area (Å²) in [5, 5.41) is 3.73. The molecule has 36 heavy (non-hydrogen) atoms. The molecule has 3 aliphatic heterocycles. The fourth-order valence-corrected chi connectivity index (χ4v) is 6.57. The van der Waals surface area contributed by atoms with Crippen LogP contribution in [0.25, 0.3) is 0 Å². The predicted molar refractivity (Wildman–Crippen MR) is 147 cm³/mol. The maximum atomic E-state index is 12.9. The van der Waals surface area contributed by atoms with Gasteiger partial charge in [-0.1, -0.05) is 26.7 Å². The number of hydrogen-bond donors (Lipinski definition) is 2. The molecule has 1 aromatic heterocycles. The number of aromatic nitrogens is 2. The average Bonchev–Trinajstić information content (AvgIpc) is 3.11. The Balaban J connectivity index is 1.38. The Kier molecular flexibility index (Phi) is 10.2. The summed E-state index contributed by atoms with van der Waals surface area (Å²) in [7, 11) is 0. The normalized spacial score (nSPS) is 24.3. The lowest BCUT2D eigenvalue weighted by Gasteiger charge is -2.41. The van der Waals surface area contributed by atoms with Crippen LogP contribution >= 0.6 is 0 Å². The number of nitrogens with two attached hydrogens (primary N) is 1. The van der Waals surface area contributed by atoms with Gasteiger partial charge in [0, 0.05) is 63.0 Å². The average molecular weight is 500 g/mol. The third kappa shape index (κ3) is 6.68. The van der Waals surface area contributed by atoms with Crippen molar-refractivity contribution in [1.29, 1.82) is 0 Å². The molecule has 0 aliphatic carbocycles.